The molecule has 0 amide bonds. The van der Waals surface area contributed by atoms with Crippen molar-refractivity contribution in [2.75, 3.05) is 0 Å². The number of pyridine rings is 2. The van der Waals surface area contributed by atoms with E-state index >= 15 is 0 Å². The highest BCUT2D eigenvalue weighted by atomic mass is 16.1. The summed E-state index contributed by atoms with van der Waals surface area (Å²) in [6.45, 7) is 0. The number of carbonyl (C=O) groups excluding carboxylic acids is 1. The van der Waals surface area contributed by atoms with Gasteiger partial charge in [-0.1, -0.05) is 12.1 Å². The minimum atomic E-state index is 0.137. The maximum absolute atomic E-state index is 12.3. The van der Waals surface area contributed by atoms with Gasteiger partial charge < -0.3 is 0 Å². The van der Waals surface area contributed by atoms with Gasteiger partial charge in [-0.05, 0) is 48.3 Å². The van der Waals surface area contributed by atoms with Gasteiger partial charge in [0.05, 0.1) is 0 Å². The smallest absolute Gasteiger partial charge is 0.185 e. The second-order valence-corrected chi connectivity index (χ2v) is 4.74. The van der Waals surface area contributed by atoms with E-state index in [0.717, 1.165) is 35.1 Å². The molecule has 20 heavy (non-hydrogen) atoms. The first-order valence-corrected chi connectivity index (χ1v) is 6.59. The number of allylic oxidation sites excluding steroid dienone is 2. The number of ketones is 1. The molecule has 3 rings (SSSR count). The molecule has 2 aromatic rings. The van der Waals surface area contributed by atoms with Crippen LogP contribution in [-0.2, 0) is 4.79 Å². The molecule has 1 fully saturated rings. The fraction of sp³-hybridized carbons (Fsp3) is 0.118. The predicted molar refractivity (Wildman–Crippen MR) is 78.7 cm³/mol. The van der Waals surface area contributed by atoms with Crippen molar-refractivity contribution < 1.29 is 4.79 Å². The molecule has 0 radical (unpaired) electrons. The maximum Gasteiger partial charge on any atom is 0.185 e. The molecule has 1 aliphatic rings. The average Bonchev–Trinajstić information content (AvgIpc) is 2.83. The number of hydrogen-bond donors (Lipinski definition) is 0. The lowest BCUT2D eigenvalue weighted by molar-refractivity contribution is -0.111. The summed E-state index contributed by atoms with van der Waals surface area (Å²) in [6.07, 6.45) is 12.4. The monoisotopic (exact) mass is 262 g/mol. The third kappa shape index (κ3) is 2.72. The van der Waals surface area contributed by atoms with Gasteiger partial charge in [0, 0.05) is 35.9 Å². The molecule has 0 aromatic carbocycles. The van der Waals surface area contributed by atoms with Crippen LogP contribution in [0.4, 0.5) is 0 Å². The van der Waals surface area contributed by atoms with Gasteiger partial charge in [0.2, 0.25) is 0 Å². The predicted octanol–water partition coefficient (Wildman–Crippen LogP) is 3.31. The van der Waals surface area contributed by atoms with Gasteiger partial charge in [-0.3, -0.25) is 14.8 Å². The minimum absolute atomic E-state index is 0.137. The number of Topliss-reactive ketones (excluding diaryl/α,β-unsaturated/α-hetero) is 1. The number of rotatable bonds is 2. The molecule has 98 valence electrons. The zero-order chi connectivity index (χ0) is 13.8. The molecule has 1 aliphatic carbocycles. The summed E-state index contributed by atoms with van der Waals surface area (Å²) >= 11 is 0. The molecule has 3 nitrogen and oxygen atoms in total. The SMILES string of the molecule is O=C1/C(=C\c2cccnc2)CC/C1=C\c1cccnc1. The molecule has 3 heteroatoms. The van der Waals surface area contributed by atoms with E-state index < -0.39 is 0 Å². The Morgan fingerprint density at radius 2 is 1.35 bits per heavy atom. The van der Waals surface area contributed by atoms with E-state index in [1.54, 1.807) is 24.8 Å². The van der Waals surface area contributed by atoms with Gasteiger partial charge in [0.25, 0.3) is 0 Å². The third-order valence-corrected chi connectivity index (χ3v) is 3.30. The molecule has 0 saturated heterocycles. The molecule has 2 aromatic heterocycles. The molecular weight excluding hydrogens is 248 g/mol. The fourth-order valence-corrected chi connectivity index (χ4v) is 2.30. The van der Waals surface area contributed by atoms with E-state index in [4.69, 9.17) is 0 Å². The van der Waals surface area contributed by atoms with Gasteiger partial charge in [-0.25, -0.2) is 0 Å². The summed E-state index contributed by atoms with van der Waals surface area (Å²) < 4.78 is 0. The van der Waals surface area contributed by atoms with Crippen LogP contribution in [0.5, 0.6) is 0 Å². The maximum atomic E-state index is 12.3. The summed E-state index contributed by atoms with van der Waals surface area (Å²) in [6, 6.07) is 7.66. The molecule has 0 atom stereocenters. The Kier molecular flexibility index (Phi) is 3.50. The first-order chi connectivity index (χ1) is 9.83. The van der Waals surface area contributed by atoms with Crippen LogP contribution in [0.25, 0.3) is 12.2 Å². The summed E-state index contributed by atoms with van der Waals surface area (Å²) in [5, 5.41) is 0. The van der Waals surface area contributed by atoms with Crippen LogP contribution in [0.2, 0.25) is 0 Å². The Balaban J connectivity index is 1.85. The summed E-state index contributed by atoms with van der Waals surface area (Å²) in [5.41, 5.74) is 3.65. The van der Waals surface area contributed by atoms with Crippen molar-refractivity contribution >= 4 is 17.9 Å². The lowest BCUT2D eigenvalue weighted by Crippen LogP contribution is -1.95. The first kappa shape index (κ1) is 12.5. The zero-order valence-corrected chi connectivity index (χ0v) is 11.0. The van der Waals surface area contributed by atoms with Crippen molar-refractivity contribution in [2.24, 2.45) is 0 Å². The van der Waals surface area contributed by atoms with Crippen molar-refractivity contribution in [3.63, 3.8) is 0 Å². The minimum Gasteiger partial charge on any atom is -0.289 e. The first-order valence-electron chi connectivity index (χ1n) is 6.59. The van der Waals surface area contributed by atoms with Crippen molar-refractivity contribution in [1.82, 2.24) is 9.97 Å². The van der Waals surface area contributed by atoms with E-state index in [9.17, 15) is 4.79 Å². The average molecular weight is 262 g/mol. The number of hydrogen-bond acceptors (Lipinski definition) is 3. The summed E-state index contributed by atoms with van der Waals surface area (Å²) in [7, 11) is 0. The van der Waals surface area contributed by atoms with E-state index in [2.05, 4.69) is 9.97 Å². The normalized spacial score (nSPS) is 18.9. The summed E-state index contributed by atoms with van der Waals surface area (Å²) in [5.74, 6) is 0.137. The highest BCUT2D eigenvalue weighted by Gasteiger charge is 2.22. The van der Waals surface area contributed by atoms with Crippen LogP contribution in [0.1, 0.15) is 24.0 Å². The Morgan fingerprint density at radius 1 is 0.850 bits per heavy atom. The lowest BCUT2D eigenvalue weighted by atomic mass is 10.1. The molecule has 0 unspecified atom stereocenters. The summed E-state index contributed by atoms with van der Waals surface area (Å²) in [4.78, 5) is 20.5. The molecule has 0 aliphatic heterocycles. The Morgan fingerprint density at radius 3 is 1.75 bits per heavy atom. The van der Waals surface area contributed by atoms with Gasteiger partial charge in [-0.15, -0.1) is 0 Å². The number of carbonyl (C=O) groups is 1. The molecular formula is C17H14N2O. The van der Waals surface area contributed by atoms with Gasteiger partial charge in [-0.2, -0.15) is 0 Å². The Bertz CT molecular complexity index is 613. The number of aromatic nitrogens is 2. The standard InChI is InChI=1S/C17H14N2O/c20-17-15(9-13-3-1-7-18-11-13)5-6-16(17)10-14-4-2-8-19-12-14/h1-4,7-12H,5-6H2/b15-9-,16-10+. The fourth-order valence-electron chi connectivity index (χ4n) is 2.30. The Labute approximate surface area is 117 Å². The second kappa shape index (κ2) is 5.61. The zero-order valence-electron chi connectivity index (χ0n) is 11.0. The highest BCUT2D eigenvalue weighted by molar-refractivity contribution is 6.15. The topological polar surface area (TPSA) is 42.9 Å². The van der Waals surface area contributed by atoms with Crippen molar-refractivity contribution in [3.8, 4) is 0 Å². The van der Waals surface area contributed by atoms with E-state index in [1.165, 1.54) is 0 Å². The lowest BCUT2D eigenvalue weighted by Gasteiger charge is -1.97. The quantitative estimate of drug-likeness (QED) is 0.780. The van der Waals surface area contributed by atoms with Crippen LogP contribution < -0.4 is 0 Å². The van der Waals surface area contributed by atoms with Gasteiger partial charge in [0.1, 0.15) is 0 Å². The van der Waals surface area contributed by atoms with Crippen molar-refractivity contribution in [1.29, 1.82) is 0 Å². The van der Waals surface area contributed by atoms with Crippen LogP contribution in [-0.4, -0.2) is 15.8 Å². The largest absolute Gasteiger partial charge is 0.289 e. The van der Waals surface area contributed by atoms with Crippen molar-refractivity contribution in [3.05, 3.63) is 71.3 Å². The van der Waals surface area contributed by atoms with Crippen LogP contribution in [0.15, 0.2) is 60.2 Å². The van der Waals surface area contributed by atoms with Crippen LogP contribution >= 0.6 is 0 Å². The molecule has 0 spiro atoms. The molecule has 0 N–H and O–H groups in total. The van der Waals surface area contributed by atoms with Crippen LogP contribution in [0.3, 0.4) is 0 Å². The van der Waals surface area contributed by atoms with Gasteiger partial charge >= 0.3 is 0 Å². The van der Waals surface area contributed by atoms with E-state index in [1.807, 2.05) is 36.4 Å². The third-order valence-electron chi connectivity index (χ3n) is 3.30. The van der Waals surface area contributed by atoms with Crippen molar-refractivity contribution in [2.45, 2.75) is 12.8 Å². The number of nitrogens with zero attached hydrogens (tertiary/aromatic N) is 2. The van der Waals surface area contributed by atoms with E-state index in [0.29, 0.717) is 0 Å². The van der Waals surface area contributed by atoms with Crippen LogP contribution in [0, 0.1) is 0 Å². The molecule has 0 bridgehead atoms. The molecule has 1 saturated carbocycles. The Hall–Kier alpha value is -2.55. The second-order valence-electron chi connectivity index (χ2n) is 4.74. The highest BCUT2D eigenvalue weighted by Crippen LogP contribution is 2.29. The van der Waals surface area contributed by atoms with Gasteiger partial charge in [0.15, 0.2) is 5.78 Å². The van der Waals surface area contributed by atoms with E-state index in [-0.39, 0.29) is 5.78 Å². The molecule has 2 heterocycles.